The van der Waals surface area contributed by atoms with Crippen molar-refractivity contribution in [2.45, 2.75) is 36.6 Å². The van der Waals surface area contributed by atoms with E-state index in [1.54, 1.807) is 31.3 Å². The Labute approximate surface area is 97.1 Å². The Morgan fingerprint density at radius 1 is 1.12 bits per heavy atom. The number of hydrogen-bond donors (Lipinski definition) is 0. The van der Waals surface area contributed by atoms with Gasteiger partial charge in [0.25, 0.3) is 0 Å². The number of benzene rings is 1. The Kier molecular flexibility index (Phi) is 3.30. The van der Waals surface area contributed by atoms with Crippen molar-refractivity contribution in [2.24, 2.45) is 0 Å². The molecule has 0 saturated heterocycles. The largest absolute Gasteiger partial charge is 0.243 e. The predicted molar refractivity (Wildman–Crippen MR) is 63.6 cm³/mol. The maximum absolute atomic E-state index is 12.2. The number of rotatable bonds is 3. The molecule has 1 aliphatic rings. The minimum absolute atomic E-state index is 0.185. The molecule has 0 bridgehead atoms. The van der Waals surface area contributed by atoms with Crippen LogP contribution in [0.5, 0.6) is 0 Å². The van der Waals surface area contributed by atoms with Crippen LogP contribution in [0.1, 0.15) is 25.7 Å². The average Bonchev–Trinajstić information content (AvgIpc) is 2.82. The molecule has 1 fully saturated rings. The second-order valence-corrected chi connectivity index (χ2v) is 6.27. The molecule has 3 nitrogen and oxygen atoms in total. The van der Waals surface area contributed by atoms with E-state index in [9.17, 15) is 8.42 Å². The zero-order chi connectivity index (χ0) is 11.6. The molecule has 88 valence electrons. The molecule has 0 unspecified atom stereocenters. The van der Waals surface area contributed by atoms with Gasteiger partial charge < -0.3 is 0 Å². The summed E-state index contributed by atoms with van der Waals surface area (Å²) < 4.78 is 26.0. The van der Waals surface area contributed by atoms with Gasteiger partial charge in [-0.1, -0.05) is 31.0 Å². The molecule has 1 aromatic rings. The summed E-state index contributed by atoms with van der Waals surface area (Å²) in [5.74, 6) is 0. The van der Waals surface area contributed by atoms with Crippen molar-refractivity contribution in [3.05, 3.63) is 30.3 Å². The number of nitrogens with zero attached hydrogens (tertiary/aromatic N) is 1. The van der Waals surface area contributed by atoms with Crippen molar-refractivity contribution >= 4 is 10.0 Å². The van der Waals surface area contributed by atoms with Gasteiger partial charge in [-0.15, -0.1) is 0 Å². The van der Waals surface area contributed by atoms with Crippen LogP contribution in [-0.4, -0.2) is 25.8 Å². The SMILES string of the molecule is CN(C1CCCC1)S(=O)(=O)c1ccccc1. The molecule has 2 rings (SSSR count). The van der Waals surface area contributed by atoms with E-state index in [4.69, 9.17) is 0 Å². The van der Waals surface area contributed by atoms with Crippen LogP contribution in [0.15, 0.2) is 35.2 Å². The summed E-state index contributed by atoms with van der Waals surface area (Å²) in [5, 5.41) is 0. The minimum atomic E-state index is -3.29. The summed E-state index contributed by atoms with van der Waals surface area (Å²) in [7, 11) is -1.60. The fraction of sp³-hybridized carbons (Fsp3) is 0.500. The van der Waals surface area contributed by atoms with Crippen LogP contribution in [-0.2, 0) is 10.0 Å². The molecular weight excluding hydrogens is 222 g/mol. The topological polar surface area (TPSA) is 37.4 Å². The first-order valence-electron chi connectivity index (χ1n) is 5.65. The smallest absolute Gasteiger partial charge is 0.207 e. The normalized spacial score (nSPS) is 18.1. The van der Waals surface area contributed by atoms with Gasteiger partial charge in [0, 0.05) is 13.1 Å². The van der Waals surface area contributed by atoms with Gasteiger partial charge in [-0.05, 0) is 25.0 Å². The number of hydrogen-bond acceptors (Lipinski definition) is 2. The lowest BCUT2D eigenvalue weighted by Crippen LogP contribution is -2.35. The van der Waals surface area contributed by atoms with E-state index in [0.717, 1.165) is 25.7 Å². The summed E-state index contributed by atoms with van der Waals surface area (Å²) in [6.45, 7) is 0. The zero-order valence-electron chi connectivity index (χ0n) is 9.46. The van der Waals surface area contributed by atoms with Crippen molar-refractivity contribution in [1.82, 2.24) is 4.31 Å². The third kappa shape index (κ3) is 2.13. The van der Waals surface area contributed by atoms with Crippen LogP contribution in [0.2, 0.25) is 0 Å². The quantitative estimate of drug-likeness (QED) is 0.811. The third-order valence-corrected chi connectivity index (χ3v) is 5.18. The van der Waals surface area contributed by atoms with E-state index in [1.807, 2.05) is 6.07 Å². The van der Waals surface area contributed by atoms with Crippen molar-refractivity contribution in [2.75, 3.05) is 7.05 Å². The van der Waals surface area contributed by atoms with Gasteiger partial charge in [0.1, 0.15) is 0 Å². The van der Waals surface area contributed by atoms with E-state index in [1.165, 1.54) is 4.31 Å². The van der Waals surface area contributed by atoms with Crippen LogP contribution in [0.25, 0.3) is 0 Å². The van der Waals surface area contributed by atoms with Crippen molar-refractivity contribution in [3.63, 3.8) is 0 Å². The molecule has 16 heavy (non-hydrogen) atoms. The van der Waals surface area contributed by atoms with E-state index in [2.05, 4.69) is 0 Å². The third-order valence-electron chi connectivity index (χ3n) is 3.26. The van der Waals surface area contributed by atoms with Crippen LogP contribution < -0.4 is 0 Å². The van der Waals surface area contributed by atoms with Crippen molar-refractivity contribution in [1.29, 1.82) is 0 Å². The van der Waals surface area contributed by atoms with Gasteiger partial charge in [0.05, 0.1) is 4.90 Å². The monoisotopic (exact) mass is 239 g/mol. The lowest BCUT2D eigenvalue weighted by Gasteiger charge is -2.23. The molecule has 0 atom stereocenters. The second-order valence-electron chi connectivity index (χ2n) is 4.27. The van der Waals surface area contributed by atoms with Crippen LogP contribution in [0, 0.1) is 0 Å². The van der Waals surface area contributed by atoms with Gasteiger partial charge in [-0.2, -0.15) is 4.31 Å². The van der Waals surface area contributed by atoms with Gasteiger partial charge in [-0.25, -0.2) is 8.42 Å². The Hall–Kier alpha value is -0.870. The van der Waals surface area contributed by atoms with Crippen LogP contribution in [0.4, 0.5) is 0 Å². The molecule has 0 heterocycles. The molecule has 0 N–H and O–H groups in total. The summed E-state index contributed by atoms with van der Waals surface area (Å²) >= 11 is 0. The first-order chi connectivity index (χ1) is 7.62. The number of sulfonamides is 1. The van der Waals surface area contributed by atoms with Gasteiger partial charge in [-0.3, -0.25) is 0 Å². The highest BCUT2D eigenvalue weighted by Gasteiger charge is 2.29. The molecule has 0 aromatic heterocycles. The van der Waals surface area contributed by atoms with E-state index in [0.29, 0.717) is 4.90 Å². The fourth-order valence-corrected chi connectivity index (χ4v) is 3.66. The van der Waals surface area contributed by atoms with E-state index in [-0.39, 0.29) is 6.04 Å². The average molecular weight is 239 g/mol. The molecule has 1 aromatic carbocycles. The molecule has 0 spiro atoms. The Morgan fingerprint density at radius 3 is 2.25 bits per heavy atom. The summed E-state index contributed by atoms with van der Waals surface area (Å²) in [5.41, 5.74) is 0. The fourth-order valence-electron chi connectivity index (χ4n) is 2.22. The molecule has 0 amide bonds. The van der Waals surface area contributed by atoms with Crippen molar-refractivity contribution in [3.8, 4) is 0 Å². The van der Waals surface area contributed by atoms with E-state index >= 15 is 0 Å². The maximum Gasteiger partial charge on any atom is 0.243 e. The molecule has 1 saturated carbocycles. The highest BCUT2D eigenvalue weighted by Crippen LogP contribution is 2.26. The zero-order valence-corrected chi connectivity index (χ0v) is 10.3. The Morgan fingerprint density at radius 2 is 1.69 bits per heavy atom. The van der Waals surface area contributed by atoms with Gasteiger partial charge in [0.15, 0.2) is 0 Å². The lowest BCUT2D eigenvalue weighted by atomic mass is 10.3. The summed E-state index contributed by atoms with van der Waals surface area (Å²) in [6, 6.07) is 8.84. The maximum atomic E-state index is 12.2. The molecule has 0 radical (unpaired) electrons. The lowest BCUT2D eigenvalue weighted by molar-refractivity contribution is 0.373. The van der Waals surface area contributed by atoms with Crippen LogP contribution in [0.3, 0.4) is 0 Å². The Balaban J connectivity index is 2.25. The molecular formula is C12H17NO2S. The first kappa shape index (κ1) is 11.6. The highest BCUT2D eigenvalue weighted by atomic mass is 32.2. The van der Waals surface area contributed by atoms with Gasteiger partial charge in [0.2, 0.25) is 10.0 Å². The standard InChI is InChI=1S/C12H17NO2S/c1-13(11-7-5-6-8-11)16(14,15)12-9-3-2-4-10-12/h2-4,9-11H,5-8H2,1H3. The molecule has 1 aliphatic carbocycles. The summed E-state index contributed by atoms with van der Waals surface area (Å²) in [4.78, 5) is 0.393. The van der Waals surface area contributed by atoms with Gasteiger partial charge >= 0.3 is 0 Å². The first-order valence-corrected chi connectivity index (χ1v) is 7.09. The minimum Gasteiger partial charge on any atom is -0.207 e. The predicted octanol–water partition coefficient (Wildman–Crippen LogP) is 2.25. The Bertz CT molecular complexity index is 435. The molecule has 4 heteroatoms. The van der Waals surface area contributed by atoms with E-state index < -0.39 is 10.0 Å². The van der Waals surface area contributed by atoms with Crippen molar-refractivity contribution < 1.29 is 8.42 Å². The van der Waals surface area contributed by atoms with Crippen LogP contribution >= 0.6 is 0 Å². The second kappa shape index (κ2) is 4.55. The molecule has 0 aliphatic heterocycles. The highest BCUT2D eigenvalue weighted by molar-refractivity contribution is 7.89. The summed E-state index contributed by atoms with van der Waals surface area (Å²) in [6.07, 6.45) is 4.25.